The van der Waals surface area contributed by atoms with Gasteiger partial charge in [0.1, 0.15) is 0 Å². The smallest absolute Gasteiger partial charge is 0.307 e. The second-order valence-corrected chi connectivity index (χ2v) is 8.47. The van der Waals surface area contributed by atoms with E-state index < -0.39 is 16.0 Å². The van der Waals surface area contributed by atoms with Crippen molar-refractivity contribution >= 4 is 16.0 Å². The largest absolute Gasteiger partial charge is 0.481 e. The zero-order valence-electron chi connectivity index (χ0n) is 11.8. The predicted octanol–water partition coefficient (Wildman–Crippen LogP) is 1.55. The first kappa shape index (κ1) is 14.8. The minimum absolute atomic E-state index is 0.0434. The summed E-state index contributed by atoms with van der Waals surface area (Å²) in [6.07, 6.45) is 1.90. The Morgan fingerprint density at radius 2 is 1.95 bits per heavy atom. The van der Waals surface area contributed by atoms with Gasteiger partial charge in [-0.25, -0.2) is 8.42 Å². The van der Waals surface area contributed by atoms with E-state index in [0.717, 1.165) is 0 Å². The van der Waals surface area contributed by atoms with E-state index in [-0.39, 0.29) is 29.0 Å². The second-order valence-electron chi connectivity index (χ2n) is 6.43. The van der Waals surface area contributed by atoms with Crippen LogP contribution >= 0.6 is 0 Å². The van der Waals surface area contributed by atoms with Gasteiger partial charge in [0.15, 0.2) is 0 Å². The lowest BCUT2D eigenvalue weighted by molar-refractivity contribution is -0.151. The first-order valence-corrected chi connectivity index (χ1v) is 8.51. The highest BCUT2D eigenvalue weighted by Gasteiger charge is 2.50. The van der Waals surface area contributed by atoms with E-state index >= 15 is 0 Å². The van der Waals surface area contributed by atoms with Crippen molar-refractivity contribution in [2.45, 2.75) is 46.1 Å². The fourth-order valence-corrected chi connectivity index (χ4v) is 5.48. The van der Waals surface area contributed by atoms with Crippen molar-refractivity contribution in [2.75, 3.05) is 12.3 Å². The van der Waals surface area contributed by atoms with Crippen molar-refractivity contribution in [1.82, 2.24) is 4.31 Å². The number of hydrogen-bond donors (Lipinski definition) is 1. The van der Waals surface area contributed by atoms with E-state index in [1.165, 1.54) is 0 Å². The summed E-state index contributed by atoms with van der Waals surface area (Å²) in [6.45, 7) is 6.48. The van der Waals surface area contributed by atoms with Crippen LogP contribution in [-0.4, -0.2) is 42.1 Å². The highest BCUT2D eigenvalue weighted by atomic mass is 32.2. The summed E-state index contributed by atoms with van der Waals surface area (Å²) in [5.74, 6) is -0.863. The lowest BCUT2D eigenvalue weighted by Gasteiger charge is -2.48. The normalized spacial score (nSPS) is 38.2. The molecule has 0 aromatic carbocycles. The van der Waals surface area contributed by atoms with Crippen molar-refractivity contribution in [3.63, 3.8) is 0 Å². The van der Waals surface area contributed by atoms with Crippen molar-refractivity contribution in [3.05, 3.63) is 0 Å². The first-order valence-electron chi connectivity index (χ1n) is 6.90. The predicted molar refractivity (Wildman–Crippen MR) is 72.2 cm³/mol. The molecule has 2 fully saturated rings. The second kappa shape index (κ2) is 4.74. The van der Waals surface area contributed by atoms with Crippen LogP contribution < -0.4 is 0 Å². The number of aliphatic carboxylic acids is 1. The van der Waals surface area contributed by atoms with Crippen molar-refractivity contribution in [1.29, 1.82) is 0 Å². The SMILES string of the molecule is CC1C(N2CCCS2(=O)=O)CCC(C(=O)O)C1(C)C. The third-order valence-electron chi connectivity index (χ3n) is 5.21. The Labute approximate surface area is 115 Å². The molecule has 3 unspecified atom stereocenters. The third-order valence-corrected chi connectivity index (χ3v) is 7.18. The molecule has 1 aliphatic heterocycles. The van der Waals surface area contributed by atoms with E-state index in [9.17, 15) is 18.3 Å². The highest BCUT2D eigenvalue weighted by Crippen LogP contribution is 2.47. The molecule has 0 amide bonds. The van der Waals surface area contributed by atoms with Gasteiger partial charge in [-0.05, 0) is 30.6 Å². The summed E-state index contributed by atoms with van der Waals surface area (Å²) in [5.41, 5.74) is -0.382. The lowest BCUT2D eigenvalue weighted by Crippen LogP contribution is -2.52. The molecule has 0 bridgehead atoms. The van der Waals surface area contributed by atoms with Crippen molar-refractivity contribution in [3.8, 4) is 0 Å². The van der Waals surface area contributed by atoms with Gasteiger partial charge in [0, 0.05) is 12.6 Å². The number of rotatable bonds is 2. The summed E-state index contributed by atoms with van der Waals surface area (Å²) < 4.78 is 25.7. The molecule has 0 aromatic rings. The van der Waals surface area contributed by atoms with Gasteiger partial charge in [-0.3, -0.25) is 4.79 Å². The average molecular weight is 289 g/mol. The summed E-state index contributed by atoms with van der Waals surface area (Å²) >= 11 is 0. The van der Waals surface area contributed by atoms with Crippen LogP contribution in [0, 0.1) is 17.3 Å². The molecule has 0 aromatic heterocycles. The molecule has 1 saturated carbocycles. The number of sulfonamides is 1. The maximum atomic E-state index is 12.0. The van der Waals surface area contributed by atoms with E-state index in [0.29, 0.717) is 25.8 Å². The molecule has 0 spiro atoms. The monoisotopic (exact) mass is 289 g/mol. The van der Waals surface area contributed by atoms with Gasteiger partial charge < -0.3 is 5.11 Å². The number of carbonyl (C=O) groups is 1. The van der Waals surface area contributed by atoms with Crippen LogP contribution in [0.2, 0.25) is 0 Å². The molecular formula is C13H23NO4S. The topological polar surface area (TPSA) is 74.7 Å². The van der Waals surface area contributed by atoms with Crippen LogP contribution in [0.15, 0.2) is 0 Å². The Balaban J connectivity index is 2.25. The zero-order valence-corrected chi connectivity index (χ0v) is 12.6. The molecule has 0 radical (unpaired) electrons. The van der Waals surface area contributed by atoms with Gasteiger partial charge in [0.2, 0.25) is 10.0 Å². The van der Waals surface area contributed by atoms with E-state index in [2.05, 4.69) is 0 Å². The fourth-order valence-electron chi connectivity index (χ4n) is 3.64. The molecule has 6 heteroatoms. The quantitative estimate of drug-likeness (QED) is 0.837. The minimum Gasteiger partial charge on any atom is -0.481 e. The van der Waals surface area contributed by atoms with E-state index in [1.54, 1.807) is 4.31 Å². The Morgan fingerprint density at radius 3 is 2.42 bits per heavy atom. The van der Waals surface area contributed by atoms with E-state index in [1.807, 2.05) is 20.8 Å². The molecule has 1 heterocycles. The Kier molecular flexibility index (Phi) is 3.68. The standard InChI is InChI=1S/C13H23NO4S/c1-9-11(14-7-4-8-19(14,17)18)6-5-10(12(15)16)13(9,2)3/h9-11H,4-8H2,1-3H3,(H,15,16). The Morgan fingerprint density at radius 1 is 1.32 bits per heavy atom. The van der Waals surface area contributed by atoms with Crippen LogP contribution in [-0.2, 0) is 14.8 Å². The molecule has 1 saturated heterocycles. The fraction of sp³-hybridized carbons (Fsp3) is 0.923. The number of nitrogens with zero attached hydrogens (tertiary/aromatic N) is 1. The van der Waals surface area contributed by atoms with Gasteiger partial charge >= 0.3 is 5.97 Å². The Bertz CT molecular complexity index is 471. The lowest BCUT2D eigenvalue weighted by atomic mass is 9.61. The van der Waals surface area contributed by atoms with Crippen molar-refractivity contribution in [2.24, 2.45) is 17.3 Å². The molecule has 1 N–H and O–H groups in total. The molecule has 3 atom stereocenters. The third kappa shape index (κ3) is 2.40. The molecule has 2 aliphatic rings. The van der Waals surface area contributed by atoms with Crippen molar-refractivity contribution < 1.29 is 18.3 Å². The summed E-state index contributed by atoms with van der Waals surface area (Å²) in [7, 11) is -3.12. The van der Waals surface area contributed by atoms with Crippen LogP contribution in [0.1, 0.15) is 40.0 Å². The number of carboxylic acid groups (broad SMARTS) is 1. The summed E-state index contributed by atoms with van der Waals surface area (Å²) in [5, 5.41) is 9.31. The first-order chi connectivity index (χ1) is 8.68. The molecule has 5 nitrogen and oxygen atoms in total. The number of carboxylic acids is 1. The number of hydrogen-bond acceptors (Lipinski definition) is 3. The molecule has 1 aliphatic carbocycles. The van der Waals surface area contributed by atoms with Gasteiger partial charge in [0.05, 0.1) is 11.7 Å². The molecule has 2 rings (SSSR count). The van der Waals surface area contributed by atoms with Crippen LogP contribution in [0.4, 0.5) is 0 Å². The van der Waals surface area contributed by atoms with Crippen LogP contribution in [0.3, 0.4) is 0 Å². The summed E-state index contributed by atoms with van der Waals surface area (Å²) in [4.78, 5) is 11.3. The molecule has 19 heavy (non-hydrogen) atoms. The average Bonchev–Trinajstić information content (AvgIpc) is 2.61. The van der Waals surface area contributed by atoms with Gasteiger partial charge in [-0.1, -0.05) is 20.8 Å². The maximum Gasteiger partial charge on any atom is 0.307 e. The highest BCUT2D eigenvalue weighted by molar-refractivity contribution is 7.89. The maximum absolute atomic E-state index is 12.0. The van der Waals surface area contributed by atoms with Crippen LogP contribution in [0.5, 0.6) is 0 Å². The Hall–Kier alpha value is -0.620. The summed E-state index contributed by atoms with van der Waals surface area (Å²) in [6, 6.07) is -0.0434. The van der Waals surface area contributed by atoms with Crippen LogP contribution in [0.25, 0.3) is 0 Å². The zero-order chi connectivity index (χ0) is 14.4. The van der Waals surface area contributed by atoms with Gasteiger partial charge in [0.25, 0.3) is 0 Å². The minimum atomic E-state index is -3.12. The molecule has 110 valence electrons. The molecular weight excluding hydrogens is 266 g/mol. The van der Waals surface area contributed by atoms with Gasteiger partial charge in [-0.15, -0.1) is 0 Å². The van der Waals surface area contributed by atoms with Gasteiger partial charge in [-0.2, -0.15) is 4.31 Å². The van der Waals surface area contributed by atoms with E-state index in [4.69, 9.17) is 0 Å².